The Morgan fingerprint density at radius 1 is 1.39 bits per heavy atom. The molecule has 2 rings (SSSR count). The first-order chi connectivity index (χ1) is 8.50. The fourth-order valence-electron chi connectivity index (χ4n) is 2.04. The van der Waals surface area contributed by atoms with Crippen LogP contribution >= 0.6 is 11.8 Å². The molecule has 0 aliphatic carbocycles. The standard InChI is InChI=1S/C13H15F2NOS/c1-8-9(2)18-6-5-16(8)13(17)11-4-3-10(14)7-12(11)15/h3-4,7-9H,5-6H2,1-2H3. The Morgan fingerprint density at radius 2 is 2.11 bits per heavy atom. The van der Waals surface area contributed by atoms with Crippen molar-refractivity contribution in [3.63, 3.8) is 0 Å². The fraction of sp³-hybridized carbons (Fsp3) is 0.462. The molecule has 1 heterocycles. The summed E-state index contributed by atoms with van der Waals surface area (Å²) in [6, 6.07) is 3.13. The molecule has 0 bridgehead atoms. The number of halogens is 2. The highest BCUT2D eigenvalue weighted by Crippen LogP contribution is 2.26. The van der Waals surface area contributed by atoms with E-state index in [1.54, 1.807) is 16.7 Å². The van der Waals surface area contributed by atoms with Crippen LogP contribution in [-0.2, 0) is 0 Å². The van der Waals surface area contributed by atoms with Gasteiger partial charge < -0.3 is 4.90 Å². The summed E-state index contributed by atoms with van der Waals surface area (Å²) >= 11 is 1.80. The van der Waals surface area contributed by atoms with Crippen molar-refractivity contribution in [2.45, 2.75) is 25.1 Å². The van der Waals surface area contributed by atoms with Crippen molar-refractivity contribution in [2.24, 2.45) is 0 Å². The van der Waals surface area contributed by atoms with Crippen molar-refractivity contribution in [1.82, 2.24) is 4.90 Å². The lowest BCUT2D eigenvalue weighted by atomic mass is 10.1. The highest BCUT2D eigenvalue weighted by molar-refractivity contribution is 8.00. The van der Waals surface area contributed by atoms with Gasteiger partial charge in [0.25, 0.3) is 5.91 Å². The van der Waals surface area contributed by atoms with E-state index in [-0.39, 0.29) is 17.5 Å². The highest BCUT2D eigenvalue weighted by Gasteiger charge is 2.30. The van der Waals surface area contributed by atoms with Crippen LogP contribution in [0.2, 0.25) is 0 Å². The molecule has 1 aromatic rings. The van der Waals surface area contributed by atoms with E-state index in [1.165, 1.54) is 6.07 Å². The van der Waals surface area contributed by atoms with Gasteiger partial charge in [0.05, 0.1) is 5.56 Å². The smallest absolute Gasteiger partial charge is 0.257 e. The summed E-state index contributed by atoms with van der Waals surface area (Å²) in [7, 11) is 0. The van der Waals surface area contributed by atoms with Crippen molar-refractivity contribution in [3.8, 4) is 0 Å². The third-order valence-corrected chi connectivity index (χ3v) is 4.64. The van der Waals surface area contributed by atoms with Gasteiger partial charge in [-0.25, -0.2) is 8.78 Å². The Kier molecular flexibility index (Phi) is 3.90. The van der Waals surface area contributed by atoms with Crippen molar-refractivity contribution in [2.75, 3.05) is 12.3 Å². The molecule has 1 fully saturated rings. The first-order valence-electron chi connectivity index (χ1n) is 5.88. The third-order valence-electron chi connectivity index (χ3n) is 3.31. The summed E-state index contributed by atoms with van der Waals surface area (Å²) < 4.78 is 26.4. The van der Waals surface area contributed by atoms with Crippen LogP contribution in [0.15, 0.2) is 18.2 Å². The van der Waals surface area contributed by atoms with Crippen LogP contribution in [0.5, 0.6) is 0 Å². The zero-order valence-corrected chi connectivity index (χ0v) is 11.1. The van der Waals surface area contributed by atoms with E-state index in [9.17, 15) is 13.6 Å². The van der Waals surface area contributed by atoms with Gasteiger partial charge in [0.15, 0.2) is 0 Å². The van der Waals surface area contributed by atoms with Crippen LogP contribution in [0.25, 0.3) is 0 Å². The molecule has 0 N–H and O–H groups in total. The summed E-state index contributed by atoms with van der Waals surface area (Å²) in [6.45, 7) is 4.61. The van der Waals surface area contributed by atoms with Gasteiger partial charge >= 0.3 is 0 Å². The van der Waals surface area contributed by atoms with E-state index in [1.807, 2.05) is 6.92 Å². The van der Waals surface area contributed by atoms with Crippen LogP contribution in [0, 0.1) is 11.6 Å². The maximum atomic E-state index is 13.6. The summed E-state index contributed by atoms with van der Waals surface area (Å²) in [5.41, 5.74) is -0.0534. The zero-order chi connectivity index (χ0) is 13.3. The van der Waals surface area contributed by atoms with Crippen LogP contribution in [-0.4, -0.2) is 34.4 Å². The molecular formula is C13H15F2NOS. The normalized spacial score (nSPS) is 24.1. The second-order valence-corrected chi connectivity index (χ2v) is 5.92. The Hall–Kier alpha value is -1.10. The van der Waals surface area contributed by atoms with Crippen molar-refractivity contribution >= 4 is 17.7 Å². The lowest BCUT2D eigenvalue weighted by molar-refractivity contribution is 0.0693. The second-order valence-electron chi connectivity index (χ2n) is 4.44. The summed E-state index contributed by atoms with van der Waals surface area (Å²) in [5.74, 6) is -0.968. The predicted octanol–water partition coefficient (Wildman–Crippen LogP) is 2.93. The molecule has 5 heteroatoms. The number of carbonyl (C=O) groups is 1. The quantitative estimate of drug-likeness (QED) is 0.782. The molecule has 2 atom stereocenters. The molecule has 1 amide bonds. The lowest BCUT2D eigenvalue weighted by Crippen LogP contribution is -2.48. The number of rotatable bonds is 1. The Bertz CT molecular complexity index is 466. The lowest BCUT2D eigenvalue weighted by Gasteiger charge is -2.37. The van der Waals surface area contributed by atoms with Crippen molar-refractivity contribution in [1.29, 1.82) is 0 Å². The Labute approximate surface area is 109 Å². The van der Waals surface area contributed by atoms with E-state index in [0.29, 0.717) is 11.8 Å². The minimum absolute atomic E-state index is 0.0534. The predicted molar refractivity (Wildman–Crippen MR) is 68.8 cm³/mol. The van der Waals surface area contributed by atoms with Crippen molar-refractivity contribution in [3.05, 3.63) is 35.4 Å². The molecule has 18 heavy (non-hydrogen) atoms. The molecule has 1 aliphatic heterocycles. The van der Waals surface area contributed by atoms with E-state index in [2.05, 4.69) is 6.92 Å². The third kappa shape index (κ3) is 2.51. The number of hydrogen-bond acceptors (Lipinski definition) is 2. The van der Waals surface area contributed by atoms with E-state index in [0.717, 1.165) is 17.9 Å². The SMILES string of the molecule is CC1SCCN(C(=O)c2ccc(F)cc2F)C1C. The van der Waals surface area contributed by atoms with Gasteiger partial charge in [-0.3, -0.25) is 4.79 Å². The molecule has 0 radical (unpaired) electrons. The highest BCUT2D eigenvalue weighted by atomic mass is 32.2. The topological polar surface area (TPSA) is 20.3 Å². The van der Waals surface area contributed by atoms with Gasteiger partial charge in [0.2, 0.25) is 0 Å². The van der Waals surface area contributed by atoms with Gasteiger partial charge in [0.1, 0.15) is 11.6 Å². The molecular weight excluding hydrogens is 256 g/mol. The summed E-state index contributed by atoms with van der Waals surface area (Å²) in [5, 5.41) is 0.325. The average molecular weight is 271 g/mol. The number of thioether (sulfide) groups is 1. The second kappa shape index (κ2) is 5.26. The average Bonchev–Trinajstić information content (AvgIpc) is 2.32. The molecule has 0 aromatic heterocycles. The first kappa shape index (κ1) is 13.3. The Balaban J connectivity index is 2.25. The minimum Gasteiger partial charge on any atom is -0.334 e. The van der Waals surface area contributed by atoms with Gasteiger partial charge in [-0.15, -0.1) is 0 Å². The van der Waals surface area contributed by atoms with E-state index in [4.69, 9.17) is 0 Å². The van der Waals surface area contributed by atoms with Gasteiger partial charge in [-0.1, -0.05) is 6.92 Å². The number of nitrogens with zero attached hydrogens (tertiary/aromatic N) is 1. The number of benzene rings is 1. The van der Waals surface area contributed by atoms with E-state index < -0.39 is 11.6 Å². The first-order valence-corrected chi connectivity index (χ1v) is 6.93. The molecule has 2 nitrogen and oxygen atoms in total. The summed E-state index contributed by atoms with van der Waals surface area (Å²) in [4.78, 5) is 13.9. The molecule has 0 saturated carbocycles. The van der Waals surface area contributed by atoms with Crippen LogP contribution in [0.4, 0.5) is 8.78 Å². The molecule has 98 valence electrons. The maximum Gasteiger partial charge on any atom is 0.257 e. The van der Waals surface area contributed by atoms with Gasteiger partial charge in [-0.2, -0.15) is 11.8 Å². The fourth-order valence-corrected chi connectivity index (χ4v) is 3.14. The molecule has 1 aromatic carbocycles. The van der Waals surface area contributed by atoms with E-state index >= 15 is 0 Å². The number of hydrogen-bond donors (Lipinski definition) is 0. The van der Waals surface area contributed by atoms with Crippen LogP contribution < -0.4 is 0 Å². The monoisotopic (exact) mass is 271 g/mol. The molecule has 0 spiro atoms. The Morgan fingerprint density at radius 3 is 2.78 bits per heavy atom. The molecule has 1 saturated heterocycles. The minimum atomic E-state index is -0.793. The maximum absolute atomic E-state index is 13.6. The van der Waals surface area contributed by atoms with Gasteiger partial charge in [0, 0.05) is 29.7 Å². The van der Waals surface area contributed by atoms with Crippen LogP contribution in [0.1, 0.15) is 24.2 Å². The van der Waals surface area contributed by atoms with Crippen molar-refractivity contribution < 1.29 is 13.6 Å². The summed E-state index contributed by atoms with van der Waals surface area (Å²) in [6.07, 6.45) is 0. The number of amides is 1. The number of carbonyl (C=O) groups excluding carboxylic acids is 1. The van der Waals surface area contributed by atoms with Crippen LogP contribution in [0.3, 0.4) is 0 Å². The molecule has 2 unspecified atom stereocenters. The van der Waals surface area contributed by atoms with Gasteiger partial charge in [-0.05, 0) is 19.1 Å². The zero-order valence-electron chi connectivity index (χ0n) is 10.3. The largest absolute Gasteiger partial charge is 0.334 e. The molecule has 1 aliphatic rings.